The predicted molar refractivity (Wildman–Crippen MR) is 89.5 cm³/mol. The van der Waals surface area contributed by atoms with Crippen molar-refractivity contribution in [3.8, 4) is 0 Å². The lowest BCUT2D eigenvalue weighted by Crippen LogP contribution is -1.95. The van der Waals surface area contributed by atoms with Gasteiger partial charge in [0.15, 0.2) is 0 Å². The molecular formula is C19H34O2. The van der Waals surface area contributed by atoms with E-state index in [0.717, 1.165) is 30.8 Å². The van der Waals surface area contributed by atoms with E-state index in [4.69, 9.17) is 4.42 Å². The fraction of sp³-hybridized carbons (Fsp3) is 0.789. The molecule has 0 saturated carbocycles. The molecule has 0 aliphatic carbocycles. The second-order valence-electron chi connectivity index (χ2n) is 6.14. The highest BCUT2D eigenvalue weighted by Gasteiger charge is 2.11. The van der Waals surface area contributed by atoms with Gasteiger partial charge < -0.3 is 9.52 Å². The Labute approximate surface area is 130 Å². The summed E-state index contributed by atoms with van der Waals surface area (Å²) >= 11 is 0. The zero-order valence-electron chi connectivity index (χ0n) is 14.1. The fourth-order valence-electron chi connectivity index (χ4n) is 2.73. The van der Waals surface area contributed by atoms with Gasteiger partial charge in [0, 0.05) is 6.42 Å². The highest BCUT2D eigenvalue weighted by atomic mass is 16.4. The molecule has 0 radical (unpaired) electrons. The van der Waals surface area contributed by atoms with Crippen molar-refractivity contribution in [2.75, 3.05) is 0 Å². The van der Waals surface area contributed by atoms with Crippen LogP contribution in [0, 0.1) is 0 Å². The van der Waals surface area contributed by atoms with Gasteiger partial charge in [0.2, 0.25) is 0 Å². The molecule has 0 aliphatic rings. The summed E-state index contributed by atoms with van der Waals surface area (Å²) in [6.45, 7) is 4.33. The Balaban J connectivity index is 1.94. The first-order valence-corrected chi connectivity index (χ1v) is 9.04. The highest BCUT2D eigenvalue weighted by molar-refractivity contribution is 5.09. The number of furan rings is 1. The number of aryl methyl sites for hydroxylation is 1. The average molecular weight is 294 g/mol. The first-order chi connectivity index (χ1) is 10.3. The second kappa shape index (κ2) is 11.9. The van der Waals surface area contributed by atoms with Gasteiger partial charge in [-0.15, -0.1) is 0 Å². The van der Waals surface area contributed by atoms with Crippen molar-refractivity contribution in [1.82, 2.24) is 0 Å². The van der Waals surface area contributed by atoms with Gasteiger partial charge in [-0.05, 0) is 18.6 Å². The monoisotopic (exact) mass is 294 g/mol. The molecule has 0 spiro atoms. The summed E-state index contributed by atoms with van der Waals surface area (Å²) in [6.07, 6.45) is 14.6. The lowest BCUT2D eigenvalue weighted by atomic mass is 10.0. The minimum absolute atomic E-state index is 0.417. The third kappa shape index (κ3) is 8.31. The van der Waals surface area contributed by atoms with Gasteiger partial charge >= 0.3 is 0 Å². The second-order valence-corrected chi connectivity index (χ2v) is 6.14. The third-order valence-corrected chi connectivity index (χ3v) is 4.19. The summed E-state index contributed by atoms with van der Waals surface area (Å²) in [7, 11) is 0. The Morgan fingerprint density at radius 2 is 1.43 bits per heavy atom. The number of aliphatic hydroxyl groups excluding tert-OH is 1. The lowest BCUT2D eigenvalue weighted by Gasteiger charge is -2.07. The first-order valence-electron chi connectivity index (χ1n) is 9.04. The van der Waals surface area contributed by atoms with Crippen LogP contribution >= 0.6 is 0 Å². The van der Waals surface area contributed by atoms with Crippen LogP contribution in [0.3, 0.4) is 0 Å². The van der Waals surface area contributed by atoms with E-state index >= 15 is 0 Å². The molecule has 0 aliphatic heterocycles. The van der Waals surface area contributed by atoms with Crippen molar-refractivity contribution in [1.29, 1.82) is 0 Å². The highest BCUT2D eigenvalue weighted by Crippen LogP contribution is 2.22. The Kier molecular flexibility index (Phi) is 10.3. The quantitative estimate of drug-likeness (QED) is 0.440. The Morgan fingerprint density at radius 3 is 1.95 bits per heavy atom. The van der Waals surface area contributed by atoms with Gasteiger partial charge in [-0.1, -0.05) is 78.1 Å². The average Bonchev–Trinajstić information content (AvgIpc) is 2.98. The molecule has 0 saturated heterocycles. The van der Waals surface area contributed by atoms with Crippen LogP contribution in [0.15, 0.2) is 16.5 Å². The number of aliphatic hydroxyl groups is 1. The smallest absolute Gasteiger partial charge is 0.132 e. The Morgan fingerprint density at radius 1 is 0.857 bits per heavy atom. The molecule has 0 aromatic carbocycles. The van der Waals surface area contributed by atoms with E-state index in [2.05, 4.69) is 13.8 Å². The van der Waals surface area contributed by atoms with E-state index in [1.165, 1.54) is 57.8 Å². The van der Waals surface area contributed by atoms with Gasteiger partial charge in [0.25, 0.3) is 0 Å². The number of unbranched alkanes of at least 4 members (excludes halogenated alkanes) is 9. The van der Waals surface area contributed by atoms with Crippen LogP contribution < -0.4 is 0 Å². The molecule has 122 valence electrons. The summed E-state index contributed by atoms with van der Waals surface area (Å²) in [4.78, 5) is 0. The van der Waals surface area contributed by atoms with Crippen LogP contribution in [-0.4, -0.2) is 5.11 Å². The Bertz CT molecular complexity index is 343. The van der Waals surface area contributed by atoms with Gasteiger partial charge in [-0.3, -0.25) is 0 Å². The predicted octanol–water partition coefficient (Wildman–Crippen LogP) is 6.19. The molecule has 2 heteroatoms. The molecule has 1 N–H and O–H groups in total. The van der Waals surface area contributed by atoms with Crippen LogP contribution in [-0.2, 0) is 6.42 Å². The van der Waals surface area contributed by atoms with Crippen LogP contribution in [0.4, 0.5) is 0 Å². The molecule has 0 fully saturated rings. The standard InChI is InChI=1S/C19H34O2/c1-3-5-6-7-8-9-10-11-12-13-14-18(20)19-16-15-17(4-2)21-19/h15-16,18,20H,3-14H2,1-2H3. The van der Waals surface area contributed by atoms with Crippen molar-refractivity contribution < 1.29 is 9.52 Å². The number of hydrogen-bond acceptors (Lipinski definition) is 2. The lowest BCUT2D eigenvalue weighted by molar-refractivity contribution is 0.135. The molecule has 1 atom stereocenters. The van der Waals surface area contributed by atoms with Crippen LogP contribution in [0.25, 0.3) is 0 Å². The summed E-state index contributed by atoms with van der Waals surface area (Å²) in [6, 6.07) is 3.89. The van der Waals surface area contributed by atoms with Crippen LogP contribution in [0.1, 0.15) is 102 Å². The minimum atomic E-state index is -0.417. The SMILES string of the molecule is CCCCCCCCCCCCC(O)c1ccc(CC)o1. The van der Waals surface area contributed by atoms with E-state index < -0.39 is 6.10 Å². The topological polar surface area (TPSA) is 33.4 Å². The van der Waals surface area contributed by atoms with E-state index in [-0.39, 0.29) is 0 Å². The summed E-state index contributed by atoms with van der Waals surface area (Å²) in [5.41, 5.74) is 0. The van der Waals surface area contributed by atoms with Gasteiger partial charge in [-0.2, -0.15) is 0 Å². The van der Waals surface area contributed by atoms with Gasteiger partial charge in [-0.25, -0.2) is 0 Å². The van der Waals surface area contributed by atoms with Crippen LogP contribution in [0.5, 0.6) is 0 Å². The maximum Gasteiger partial charge on any atom is 0.132 e. The van der Waals surface area contributed by atoms with Gasteiger partial charge in [0.1, 0.15) is 17.6 Å². The molecular weight excluding hydrogens is 260 g/mol. The fourth-order valence-corrected chi connectivity index (χ4v) is 2.73. The van der Waals surface area contributed by atoms with Crippen molar-refractivity contribution in [3.05, 3.63) is 23.7 Å². The maximum atomic E-state index is 10.1. The van der Waals surface area contributed by atoms with Crippen molar-refractivity contribution in [3.63, 3.8) is 0 Å². The molecule has 0 bridgehead atoms. The zero-order valence-corrected chi connectivity index (χ0v) is 14.1. The first kappa shape index (κ1) is 18.3. The summed E-state index contributed by atoms with van der Waals surface area (Å²) < 4.78 is 5.59. The largest absolute Gasteiger partial charge is 0.463 e. The molecule has 1 aromatic heterocycles. The number of hydrogen-bond donors (Lipinski definition) is 1. The molecule has 0 amide bonds. The van der Waals surface area contributed by atoms with E-state index in [9.17, 15) is 5.11 Å². The zero-order chi connectivity index (χ0) is 15.3. The Hall–Kier alpha value is -0.760. The molecule has 1 unspecified atom stereocenters. The van der Waals surface area contributed by atoms with Crippen molar-refractivity contribution in [2.45, 2.75) is 97.0 Å². The summed E-state index contributed by atoms with van der Waals surface area (Å²) in [5, 5.41) is 10.1. The molecule has 21 heavy (non-hydrogen) atoms. The van der Waals surface area contributed by atoms with E-state index in [1.54, 1.807) is 0 Å². The minimum Gasteiger partial charge on any atom is -0.463 e. The van der Waals surface area contributed by atoms with E-state index in [1.807, 2.05) is 12.1 Å². The van der Waals surface area contributed by atoms with Crippen LogP contribution in [0.2, 0.25) is 0 Å². The normalized spacial score (nSPS) is 12.7. The number of rotatable bonds is 13. The molecule has 2 nitrogen and oxygen atoms in total. The molecule has 1 heterocycles. The van der Waals surface area contributed by atoms with E-state index in [0.29, 0.717) is 0 Å². The molecule has 1 rings (SSSR count). The van der Waals surface area contributed by atoms with Crippen molar-refractivity contribution >= 4 is 0 Å². The molecule has 1 aromatic rings. The third-order valence-electron chi connectivity index (χ3n) is 4.19. The van der Waals surface area contributed by atoms with Crippen molar-refractivity contribution in [2.24, 2.45) is 0 Å². The van der Waals surface area contributed by atoms with Gasteiger partial charge in [0.05, 0.1) is 0 Å². The summed E-state index contributed by atoms with van der Waals surface area (Å²) in [5.74, 6) is 1.70. The maximum absolute atomic E-state index is 10.1.